The standard InChI is InChI=1S/C11H16BN3O4/c1-10(2)11(3,4)19-12(18-10)7-5-15-8(6-14-7)17-9(13)16/h5-6H,1-4H3,(H2,13,16). The van der Waals surface area contributed by atoms with Gasteiger partial charge >= 0.3 is 13.2 Å². The molecule has 0 saturated carbocycles. The second-order valence-corrected chi connectivity index (χ2v) is 5.29. The molecule has 0 bridgehead atoms. The molecular formula is C11H16BN3O4. The first-order valence-electron chi connectivity index (χ1n) is 5.86. The van der Waals surface area contributed by atoms with Crippen LogP contribution in [0.1, 0.15) is 27.7 Å². The summed E-state index contributed by atoms with van der Waals surface area (Å²) >= 11 is 0. The molecule has 0 spiro atoms. The van der Waals surface area contributed by atoms with Crippen LogP contribution < -0.4 is 16.1 Å². The molecular weight excluding hydrogens is 249 g/mol. The molecule has 0 unspecified atom stereocenters. The Labute approximate surface area is 111 Å². The zero-order valence-electron chi connectivity index (χ0n) is 11.3. The largest absolute Gasteiger partial charge is 0.516 e. The first-order valence-corrected chi connectivity index (χ1v) is 5.86. The van der Waals surface area contributed by atoms with E-state index < -0.39 is 24.4 Å². The average Bonchev–Trinajstić information content (AvgIpc) is 2.48. The third kappa shape index (κ3) is 2.69. The zero-order chi connectivity index (χ0) is 14.3. The number of aromatic nitrogens is 2. The summed E-state index contributed by atoms with van der Waals surface area (Å²) in [7, 11) is -0.597. The molecule has 0 aromatic carbocycles. The topological polar surface area (TPSA) is 96.6 Å². The fraction of sp³-hybridized carbons (Fsp3) is 0.545. The van der Waals surface area contributed by atoms with Crippen molar-refractivity contribution in [3.63, 3.8) is 0 Å². The second kappa shape index (κ2) is 4.46. The minimum absolute atomic E-state index is 0.0350. The van der Waals surface area contributed by atoms with Crippen LogP contribution in [0, 0.1) is 0 Å². The smallest absolute Gasteiger partial charge is 0.398 e. The summed E-state index contributed by atoms with van der Waals surface area (Å²) in [6.07, 6.45) is 1.80. The van der Waals surface area contributed by atoms with Gasteiger partial charge in [0.15, 0.2) is 0 Å². The first-order chi connectivity index (χ1) is 8.71. The van der Waals surface area contributed by atoms with E-state index in [-0.39, 0.29) is 5.88 Å². The van der Waals surface area contributed by atoms with Gasteiger partial charge in [0.05, 0.1) is 23.0 Å². The van der Waals surface area contributed by atoms with Crippen LogP contribution >= 0.6 is 0 Å². The van der Waals surface area contributed by atoms with Gasteiger partial charge in [0, 0.05) is 6.20 Å². The van der Waals surface area contributed by atoms with E-state index in [0.29, 0.717) is 5.59 Å². The fourth-order valence-electron chi connectivity index (χ4n) is 1.57. The van der Waals surface area contributed by atoms with Gasteiger partial charge in [0.2, 0.25) is 5.88 Å². The third-order valence-electron chi connectivity index (χ3n) is 3.35. The van der Waals surface area contributed by atoms with Crippen LogP contribution in [0.25, 0.3) is 0 Å². The number of hydrogen-bond acceptors (Lipinski definition) is 6. The Kier molecular flexibility index (Phi) is 3.23. The van der Waals surface area contributed by atoms with Gasteiger partial charge < -0.3 is 19.8 Å². The molecule has 2 rings (SSSR count). The van der Waals surface area contributed by atoms with Gasteiger partial charge in [-0.2, -0.15) is 0 Å². The maximum absolute atomic E-state index is 10.6. The lowest BCUT2D eigenvalue weighted by molar-refractivity contribution is 0.00578. The Balaban J connectivity index is 2.14. The van der Waals surface area contributed by atoms with Gasteiger partial charge in [-0.1, -0.05) is 0 Å². The molecule has 2 heterocycles. The molecule has 102 valence electrons. The third-order valence-corrected chi connectivity index (χ3v) is 3.35. The maximum Gasteiger partial charge on any atom is 0.516 e. The molecule has 19 heavy (non-hydrogen) atoms. The molecule has 2 N–H and O–H groups in total. The molecule has 1 aliphatic rings. The summed E-state index contributed by atoms with van der Waals surface area (Å²) in [4.78, 5) is 18.6. The minimum atomic E-state index is -0.933. The van der Waals surface area contributed by atoms with Gasteiger partial charge in [0.1, 0.15) is 0 Å². The van der Waals surface area contributed by atoms with Crippen molar-refractivity contribution in [2.75, 3.05) is 0 Å². The van der Waals surface area contributed by atoms with E-state index in [2.05, 4.69) is 14.7 Å². The van der Waals surface area contributed by atoms with Crippen molar-refractivity contribution in [2.24, 2.45) is 5.73 Å². The predicted molar refractivity (Wildman–Crippen MR) is 68.0 cm³/mol. The SMILES string of the molecule is CC1(C)OB(c2cnc(OC(N)=O)cn2)OC1(C)C. The van der Waals surface area contributed by atoms with Gasteiger partial charge in [-0.15, -0.1) is 0 Å². The molecule has 7 nitrogen and oxygen atoms in total. The van der Waals surface area contributed by atoms with Crippen molar-refractivity contribution >= 4 is 18.8 Å². The Morgan fingerprint density at radius 1 is 1.21 bits per heavy atom. The summed E-state index contributed by atoms with van der Waals surface area (Å²) in [5, 5.41) is 0. The molecule has 0 aliphatic carbocycles. The molecule has 0 atom stereocenters. The Hall–Kier alpha value is -1.67. The van der Waals surface area contributed by atoms with Crippen LogP contribution in [0.15, 0.2) is 12.4 Å². The quantitative estimate of drug-likeness (QED) is 0.769. The van der Waals surface area contributed by atoms with Crippen LogP contribution in [-0.2, 0) is 9.31 Å². The van der Waals surface area contributed by atoms with E-state index in [0.717, 1.165) is 0 Å². The van der Waals surface area contributed by atoms with Crippen molar-refractivity contribution in [3.05, 3.63) is 12.4 Å². The zero-order valence-corrected chi connectivity index (χ0v) is 11.3. The van der Waals surface area contributed by atoms with Gasteiger partial charge in [0.25, 0.3) is 0 Å². The number of primary amides is 1. The minimum Gasteiger partial charge on any atom is -0.398 e. The number of ether oxygens (including phenoxy) is 1. The summed E-state index contributed by atoms with van der Waals surface area (Å²) in [5.74, 6) is 0.0350. The van der Waals surface area contributed by atoms with Gasteiger partial charge in [-0.25, -0.2) is 9.78 Å². The highest BCUT2D eigenvalue weighted by molar-refractivity contribution is 6.61. The molecule has 0 radical (unpaired) electrons. The number of nitrogens with two attached hydrogens (primary N) is 1. The van der Waals surface area contributed by atoms with E-state index in [1.54, 1.807) is 0 Å². The molecule has 1 aromatic rings. The number of nitrogens with zero attached hydrogens (tertiary/aromatic N) is 2. The first kappa shape index (κ1) is 13.8. The Bertz CT molecular complexity index is 473. The van der Waals surface area contributed by atoms with E-state index in [4.69, 9.17) is 15.0 Å². The van der Waals surface area contributed by atoms with Crippen LogP contribution in [0.4, 0.5) is 4.79 Å². The molecule has 1 amide bonds. The monoisotopic (exact) mass is 265 g/mol. The van der Waals surface area contributed by atoms with Gasteiger partial charge in [-0.05, 0) is 27.7 Å². The predicted octanol–water partition coefficient (Wildman–Crippen LogP) is 0.233. The van der Waals surface area contributed by atoms with E-state index >= 15 is 0 Å². The number of hydrogen-bond donors (Lipinski definition) is 1. The maximum atomic E-state index is 10.6. The van der Waals surface area contributed by atoms with Crippen molar-refractivity contribution in [2.45, 2.75) is 38.9 Å². The highest BCUT2D eigenvalue weighted by Gasteiger charge is 2.52. The van der Waals surface area contributed by atoms with E-state index in [9.17, 15) is 4.79 Å². The van der Waals surface area contributed by atoms with Crippen LogP contribution in [-0.4, -0.2) is 34.4 Å². The van der Waals surface area contributed by atoms with E-state index in [1.807, 2.05) is 27.7 Å². The normalized spacial score (nSPS) is 20.3. The Morgan fingerprint density at radius 3 is 2.21 bits per heavy atom. The molecule has 1 fully saturated rings. The number of carbonyl (C=O) groups excluding carboxylic acids is 1. The van der Waals surface area contributed by atoms with Crippen LogP contribution in [0.5, 0.6) is 5.88 Å². The lowest BCUT2D eigenvalue weighted by Gasteiger charge is -2.32. The summed E-state index contributed by atoms with van der Waals surface area (Å²) in [6, 6.07) is 0. The highest BCUT2D eigenvalue weighted by atomic mass is 16.7. The second-order valence-electron chi connectivity index (χ2n) is 5.29. The number of rotatable bonds is 2. The molecule has 1 aromatic heterocycles. The van der Waals surface area contributed by atoms with Crippen molar-refractivity contribution in [1.29, 1.82) is 0 Å². The fourth-order valence-corrected chi connectivity index (χ4v) is 1.57. The van der Waals surface area contributed by atoms with Crippen molar-refractivity contribution in [3.8, 4) is 5.88 Å². The van der Waals surface area contributed by atoms with Crippen molar-refractivity contribution in [1.82, 2.24) is 9.97 Å². The average molecular weight is 265 g/mol. The lowest BCUT2D eigenvalue weighted by Crippen LogP contribution is -2.41. The van der Waals surface area contributed by atoms with Gasteiger partial charge in [-0.3, -0.25) is 4.98 Å². The number of carbonyl (C=O) groups is 1. The Morgan fingerprint density at radius 2 is 1.79 bits per heavy atom. The van der Waals surface area contributed by atoms with Crippen molar-refractivity contribution < 1.29 is 18.8 Å². The lowest BCUT2D eigenvalue weighted by atomic mass is 9.85. The molecule has 8 heteroatoms. The highest BCUT2D eigenvalue weighted by Crippen LogP contribution is 2.36. The summed E-state index contributed by atoms with van der Waals surface area (Å²) in [6.45, 7) is 7.80. The van der Waals surface area contributed by atoms with Crippen LogP contribution in [0.3, 0.4) is 0 Å². The van der Waals surface area contributed by atoms with Crippen LogP contribution in [0.2, 0.25) is 0 Å². The molecule has 1 aliphatic heterocycles. The molecule has 1 saturated heterocycles. The van der Waals surface area contributed by atoms with E-state index in [1.165, 1.54) is 12.4 Å². The summed E-state index contributed by atoms with van der Waals surface area (Å²) < 4.78 is 16.2. The summed E-state index contributed by atoms with van der Waals surface area (Å²) in [5.41, 5.74) is 4.50. The number of amides is 1.